The number of ether oxygens (including phenoxy) is 2. The van der Waals surface area contributed by atoms with Crippen LogP contribution in [0.5, 0.6) is 11.5 Å². The number of para-hydroxylation sites is 1. The molecule has 156 valence electrons. The Bertz CT molecular complexity index is 1250. The first-order valence-corrected chi connectivity index (χ1v) is 11.3. The predicted molar refractivity (Wildman–Crippen MR) is 125 cm³/mol. The lowest BCUT2D eigenvalue weighted by Crippen LogP contribution is -2.14. The summed E-state index contributed by atoms with van der Waals surface area (Å²) < 4.78 is 15.6. The Hall–Kier alpha value is -2.90. The largest absolute Gasteiger partial charge is 0.486 e. The van der Waals surface area contributed by atoms with Crippen LogP contribution in [0.4, 0.5) is 0 Å². The van der Waals surface area contributed by atoms with Crippen molar-refractivity contribution in [1.82, 2.24) is 14.8 Å². The SMILES string of the molecule is S=c1[nH]nc(COc2ccc(C3CCc4ccccc4O3)cc2)n1-c1ccc(Br)cc1. The lowest BCUT2D eigenvalue weighted by Gasteiger charge is -2.26. The molecule has 0 amide bonds. The molecule has 0 radical (unpaired) electrons. The first kappa shape index (κ1) is 20.0. The quantitative estimate of drug-likeness (QED) is 0.329. The summed E-state index contributed by atoms with van der Waals surface area (Å²) in [6.45, 7) is 0.301. The van der Waals surface area contributed by atoms with Gasteiger partial charge in [0.25, 0.3) is 0 Å². The van der Waals surface area contributed by atoms with Crippen LogP contribution in [0.1, 0.15) is 29.5 Å². The maximum Gasteiger partial charge on any atom is 0.199 e. The molecular formula is C24H20BrN3O2S. The molecule has 2 heterocycles. The summed E-state index contributed by atoms with van der Waals surface area (Å²) in [7, 11) is 0. The van der Waals surface area contributed by atoms with Gasteiger partial charge in [0, 0.05) is 10.2 Å². The second-order valence-electron chi connectivity index (χ2n) is 7.37. The van der Waals surface area contributed by atoms with Crippen molar-refractivity contribution >= 4 is 28.1 Å². The third-order valence-corrected chi connectivity index (χ3v) is 6.17. The predicted octanol–water partition coefficient (Wildman–Crippen LogP) is 6.34. The van der Waals surface area contributed by atoms with Crippen LogP contribution in [0.25, 0.3) is 5.69 Å². The maximum absolute atomic E-state index is 6.19. The van der Waals surface area contributed by atoms with Crippen molar-refractivity contribution in [2.75, 3.05) is 0 Å². The van der Waals surface area contributed by atoms with E-state index in [1.807, 2.05) is 53.1 Å². The first-order valence-electron chi connectivity index (χ1n) is 10.1. The Labute approximate surface area is 193 Å². The molecule has 0 spiro atoms. The van der Waals surface area contributed by atoms with E-state index < -0.39 is 0 Å². The molecule has 1 atom stereocenters. The zero-order chi connectivity index (χ0) is 21.2. The van der Waals surface area contributed by atoms with Gasteiger partial charge < -0.3 is 9.47 Å². The van der Waals surface area contributed by atoms with E-state index >= 15 is 0 Å². The molecule has 0 fully saturated rings. The zero-order valence-electron chi connectivity index (χ0n) is 16.6. The van der Waals surface area contributed by atoms with E-state index in [4.69, 9.17) is 21.7 Å². The highest BCUT2D eigenvalue weighted by Gasteiger charge is 2.21. The van der Waals surface area contributed by atoms with Crippen LogP contribution < -0.4 is 9.47 Å². The molecule has 31 heavy (non-hydrogen) atoms. The van der Waals surface area contributed by atoms with Crippen molar-refractivity contribution in [2.24, 2.45) is 0 Å². The molecule has 0 aliphatic carbocycles. The average molecular weight is 494 g/mol. The van der Waals surface area contributed by atoms with Gasteiger partial charge in [-0.1, -0.05) is 46.3 Å². The third-order valence-electron chi connectivity index (χ3n) is 5.36. The summed E-state index contributed by atoms with van der Waals surface area (Å²) in [6.07, 6.45) is 2.06. The summed E-state index contributed by atoms with van der Waals surface area (Å²) in [5.74, 6) is 2.47. The minimum Gasteiger partial charge on any atom is -0.486 e. The molecule has 1 aromatic heterocycles. The van der Waals surface area contributed by atoms with Gasteiger partial charge in [0.15, 0.2) is 10.6 Å². The molecular weight excluding hydrogens is 474 g/mol. The van der Waals surface area contributed by atoms with Gasteiger partial charge in [-0.25, -0.2) is 0 Å². The molecule has 1 unspecified atom stereocenters. The van der Waals surface area contributed by atoms with E-state index in [0.29, 0.717) is 17.2 Å². The minimum atomic E-state index is 0.0672. The molecule has 0 saturated heterocycles. The molecule has 0 saturated carbocycles. The van der Waals surface area contributed by atoms with Gasteiger partial charge in [0.2, 0.25) is 0 Å². The van der Waals surface area contributed by atoms with Crippen LogP contribution in [0.15, 0.2) is 77.3 Å². The van der Waals surface area contributed by atoms with E-state index in [1.54, 1.807) is 0 Å². The summed E-state index contributed by atoms with van der Waals surface area (Å²) in [6, 6.07) is 24.2. The number of hydrogen-bond acceptors (Lipinski definition) is 4. The fourth-order valence-corrected chi connectivity index (χ4v) is 4.29. The number of aromatic amines is 1. The molecule has 5 rings (SSSR count). The normalized spacial score (nSPS) is 15.2. The number of aryl methyl sites for hydroxylation is 1. The van der Waals surface area contributed by atoms with Crippen LogP contribution in [-0.2, 0) is 13.0 Å². The van der Waals surface area contributed by atoms with Gasteiger partial charge in [-0.15, -0.1) is 0 Å². The average Bonchev–Trinajstić information content (AvgIpc) is 3.18. The van der Waals surface area contributed by atoms with E-state index in [2.05, 4.69) is 50.4 Å². The summed E-state index contributed by atoms with van der Waals surface area (Å²) >= 11 is 8.86. The lowest BCUT2D eigenvalue weighted by molar-refractivity contribution is 0.176. The fourth-order valence-electron chi connectivity index (χ4n) is 3.77. The van der Waals surface area contributed by atoms with Crippen molar-refractivity contribution < 1.29 is 9.47 Å². The van der Waals surface area contributed by atoms with Gasteiger partial charge in [0.05, 0.1) is 0 Å². The number of benzene rings is 3. The van der Waals surface area contributed by atoms with Crippen molar-refractivity contribution in [2.45, 2.75) is 25.6 Å². The van der Waals surface area contributed by atoms with Gasteiger partial charge in [-0.3, -0.25) is 9.67 Å². The first-order chi connectivity index (χ1) is 15.2. The Morgan fingerprint density at radius 2 is 1.84 bits per heavy atom. The number of hydrogen-bond donors (Lipinski definition) is 1. The maximum atomic E-state index is 6.19. The molecule has 4 aromatic rings. The second kappa shape index (κ2) is 8.69. The minimum absolute atomic E-state index is 0.0672. The molecule has 7 heteroatoms. The van der Waals surface area contributed by atoms with Crippen LogP contribution in [0.3, 0.4) is 0 Å². The Kier molecular flexibility index (Phi) is 5.61. The van der Waals surface area contributed by atoms with E-state index in [1.165, 1.54) is 5.56 Å². The highest BCUT2D eigenvalue weighted by Crippen LogP contribution is 2.35. The second-order valence-corrected chi connectivity index (χ2v) is 8.67. The number of H-pyrrole nitrogens is 1. The van der Waals surface area contributed by atoms with Gasteiger partial charge in [-0.2, -0.15) is 5.10 Å². The molecule has 0 bridgehead atoms. The highest BCUT2D eigenvalue weighted by molar-refractivity contribution is 9.10. The highest BCUT2D eigenvalue weighted by atomic mass is 79.9. The van der Waals surface area contributed by atoms with Crippen molar-refractivity contribution in [3.8, 4) is 17.2 Å². The number of aromatic nitrogens is 3. The Morgan fingerprint density at radius 1 is 1.06 bits per heavy atom. The number of nitrogens with zero attached hydrogens (tertiary/aromatic N) is 2. The number of nitrogens with one attached hydrogen (secondary N) is 1. The molecule has 3 aromatic carbocycles. The van der Waals surface area contributed by atoms with E-state index in [0.717, 1.165) is 40.1 Å². The number of rotatable bonds is 5. The van der Waals surface area contributed by atoms with E-state index in [-0.39, 0.29) is 6.10 Å². The standard InChI is InChI=1S/C24H20BrN3O2S/c25-18-8-10-19(11-9-18)28-23(26-27-24(28)31)15-29-20-12-5-17(6-13-20)22-14-7-16-3-1-2-4-21(16)30-22/h1-6,8-13,22H,7,14-15H2,(H,27,31). The van der Waals surface area contributed by atoms with Crippen molar-refractivity contribution in [1.29, 1.82) is 0 Å². The lowest BCUT2D eigenvalue weighted by atomic mass is 9.97. The molecule has 1 N–H and O–H groups in total. The smallest absolute Gasteiger partial charge is 0.199 e. The van der Waals surface area contributed by atoms with E-state index in [9.17, 15) is 0 Å². The summed E-state index contributed by atoms with van der Waals surface area (Å²) in [5, 5.41) is 7.19. The van der Waals surface area contributed by atoms with Crippen molar-refractivity contribution in [3.63, 3.8) is 0 Å². The number of halogens is 1. The third kappa shape index (κ3) is 4.29. The molecule has 5 nitrogen and oxygen atoms in total. The van der Waals surface area contributed by atoms with Crippen LogP contribution in [0.2, 0.25) is 0 Å². The number of fused-ring (bicyclic) bond motifs is 1. The Morgan fingerprint density at radius 3 is 2.65 bits per heavy atom. The van der Waals surface area contributed by atoms with Crippen molar-refractivity contribution in [3.05, 3.63) is 99.0 Å². The van der Waals surface area contributed by atoms with Gasteiger partial charge >= 0.3 is 0 Å². The molecule has 1 aliphatic rings. The van der Waals surface area contributed by atoms with Gasteiger partial charge in [0.1, 0.15) is 24.2 Å². The zero-order valence-corrected chi connectivity index (χ0v) is 19.0. The summed E-state index contributed by atoms with van der Waals surface area (Å²) in [4.78, 5) is 0. The van der Waals surface area contributed by atoms with Gasteiger partial charge in [-0.05, 0) is 78.7 Å². The van der Waals surface area contributed by atoms with Crippen LogP contribution in [0, 0.1) is 4.77 Å². The van der Waals surface area contributed by atoms with Crippen LogP contribution in [-0.4, -0.2) is 14.8 Å². The fraction of sp³-hybridized carbons (Fsp3) is 0.167. The Balaban J connectivity index is 1.28. The van der Waals surface area contributed by atoms with Crippen LogP contribution >= 0.6 is 28.1 Å². The topological polar surface area (TPSA) is 52.1 Å². The molecule has 1 aliphatic heterocycles. The summed E-state index contributed by atoms with van der Waals surface area (Å²) in [5.41, 5.74) is 3.36. The monoisotopic (exact) mass is 493 g/mol.